The third-order valence-corrected chi connectivity index (χ3v) is 5.00. The number of phosphoric ester groups is 3. The molecule has 0 spiro atoms. The Kier molecular flexibility index (Phi) is 16.2. The number of likely N-dealkylation sites (N-methyl/N-ethyl adjacent to an activating group) is 1. The smallest absolute Gasteiger partial charge is 0.470 e. The molecule has 170 valence electrons. The van der Waals surface area contributed by atoms with Gasteiger partial charge in [-0.1, -0.05) is 0 Å². The summed E-state index contributed by atoms with van der Waals surface area (Å²) in [5, 5.41) is 11.9. The summed E-state index contributed by atoms with van der Waals surface area (Å²) in [5.74, 6) is 0. The normalized spacial score (nSPS) is 18.7. The highest BCUT2D eigenvalue weighted by Crippen LogP contribution is 2.44. The van der Waals surface area contributed by atoms with Gasteiger partial charge in [0.1, 0.15) is 0 Å². The summed E-state index contributed by atoms with van der Waals surface area (Å²) < 4.78 is 80.5. The topological polar surface area (TPSA) is 251 Å². The fraction of sp³-hybridized carbons (Fsp3) is 1.00. The van der Waals surface area contributed by atoms with E-state index in [4.69, 9.17) is 4.89 Å². The van der Waals surface area contributed by atoms with Gasteiger partial charge in [0.15, 0.2) is 13.1 Å². The van der Waals surface area contributed by atoms with E-state index >= 15 is 0 Å². The molecule has 17 nitrogen and oxygen atoms in total. The third-order valence-electron chi connectivity index (χ3n) is 1.91. The molecule has 0 radical (unpaired) electrons. The Morgan fingerprint density at radius 2 is 1.57 bits per heavy atom. The van der Waals surface area contributed by atoms with Crippen LogP contribution in [0.25, 0.3) is 0 Å². The Morgan fingerprint density at radius 3 is 1.93 bits per heavy atom. The van der Waals surface area contributed by atoms with Crippen LogP contribution in [0.15, 0.2) is 0 Å². The fourth-order valence-electron chi connectivity index (χ4n) is 0.856. The maximum atomic E-state index is 11.2. The van der Waals surface area contributed by atoms with Crippen LogP contribution in [0.3, 0.4) is 0 Å². The zero-order valence-electron chi connectivity index (χ0n) is 14.6. The minimum Gasteiger partial charge on any atom is -0.833 e. The average molecular weight is 496 g/mol. The van der Waals surface area contributed by atoms with Crippen LogP contribution in [0.5, 0.6) is 0 Å². The van der Waals surface area contributed by atoms with Gasteiger partial charge in [0.25, 0.3) is 15.6 Å². The molecule has 28 heavy (non-hydrogen) atoms. The van der Waals surface area contributed by atoms with E-state index in [1.807, 2.05) is 0 Å². The van der Waals surface area contributed by atoms with Crippen LogP contribution in [0.2, 0.25) is 0 Å². The van der Waals surface area contributed by atoms with E-state index in [1.165, 1.54) is 7.05 Å². The lowest BCUT2D eigenvalue weighted by molar-refractivity contribution is -0.415. The first kappa shape index (κ1) is 30.3. The molecule has 0 aromatic rings. The van der Waals surface area contributed by atoms with Crippen molar-refractivity contribution in [3.8, 4) is 0 Å². The van der Waals surface area contributed by atoms with Crippen molar-refractivity contribution >= 4 is 31.4 Å². The van der Waals surface area contributed by atoms with Gasteiger partial charge in [-0.3, -0.25) is 27.2 Å². The second-order valence-electron chi connectivity index (χ2n) is 3.77. The van der Waals surface area contributed by atoms with E-state index in [2.05, 4.69) is 37.0 Å². The lowest BCUT2D eigenvalue weighted by Gasteiger charge is -2.27. The van der Waals surface area contributed by atoms with Gasteiger partial charge >= 0.3 is 15.7 Å². The Hall–Kier alpha value is 0.110. The summed E-state index contributed by atoms with van der Waals surface area (Å²) in [6.45, 7) is -2.59. The summed E-state index contributed by atoms with van der Waals surface area (Å²) in [6, 6.07) is 0. The van der Waals surface area contributed by atoms with Crippen molar-refractivity contribution in [1.29, 1.82) is 0 Å². The van der Waals surface area contributed by atoms with Crippen molar-refractivity contribution in [3.63, 3.8) is 0 Å². The molecule has 4 atom stereocenters. The number of phosphoric acid groups is 3. The molecule has 2 N–H and O–H groups in total. The largest absolute Gasteiger partial charge is 0.833 e. The van der Waals surface area contributed by atoms with E-state index in [1.54, 1.807) is 0 Å². The Bertz CT molecular complexity index is 628. The van der Waals surface area contributed by atoms with Crippen molar-refractivity contribution in [1.82, 2.24) is 5.32 Å². The van der Waals surface area contributed by atoms with E-state index in [0.29, 0.717) is 0 Å². The first-order valence-corrected chi connectivity index (χ1v) is 12.0. The second kappa shape index (κ2) is 15.0. The molecule has 0 aliphatic rings. The molecule has 0 saturated carbocycles. The molecule has 0 saturated heterocycles. The highest BCUT2D eigenvalue weighted by Gasteiger charge is 2.21. The third kappa shape index (κ3) is 18.2. The summed E-state index contributed by atoms with van der Waals surface area (Å²) in [6.07, 6.45) is -1.70. The molecule has 0 rings (SSSR count). The first-order chi connectivity index (χ1) is 12.7. The summed E-state index contributed by atoms with van der Waals surface area (Å²) in [4.78, 5) is 30.2. The van der Waals surface area contributed by atoms with E-state index in [9.17, 15) is 37.7 Å². The second-order valence-corrected chi connectivity index (χ2v) is 8.87. The van der Waals surface area contributed by atoms with Gasteiger partial charge < -0.3 is 34.2 Å². The Balaban J connectivity index is 0. The van der Waals surface area contributed by atoms with Crippen molar-refractivity contribution in [3.05, 3.63) is 0 Å². The van der Waals surface area contributed by atoms with E-state index < -0.39 is 51.3 Å². The number of rotatable bonds is 14. The molecule has 0 aromatic carbocycles. The summed E-state index contributed by atoms with van der Waals surface area (Å²) in [7, 11) is -13.9. The molecule has 0 fully saturated rings. The first-order valence-electron chi connectivity index (χ1n) is 6.46. The van der Waals surface area contributed by atoms with Crippen LogP contribution in [-0.2, 0) is 54.5 Å². The van der Waals surface area contributed by atoms with Gasteiger partial charge in [-0.2, -0.15) is 0 Å². The molecule has 0 bridgehead atoms. The van der Waals surface area contributed by atoms with Gasteiger partial charge in [-0.25, -0.2) is 18.2 Å². The van der Waals surface area contributed by atoms with Crippen LogP contribution >= 0.6 is 31.4 Å². The SMILES string of the molecule is CNCC(OP(=O)=O)OP(=O)([O-])OCOP(=O)([O-])OC.COP(=O)(O)OC[O-]. The molecule has 0 heterocycles. The lowest BCUT2D eigenvalue weighted by Crippen LogP contribution is -2.28. The van der Waals surface area contributed by atoms with E-state index in [0.717, 1.165) is 14.2 Å². The Morgan fingerprint density at radius 1 is 1.04 bits per heavy atom. The van der Waals surface area contributed by atoms with Crippen molar-refractivity contribution in [2.45, 2.75) is 6.29 Å². The van der Waals surface area contributed by atoms with Crippen molar-refractivity contribution < 1.29 is 74.3 Å². The average Bonchev–Trinajstić information content (AvgIpc) is 2.54. The van der Waals surface area contributed by atoms with Crippen LogP contribution in [0.1, 0.15) is 0 Å². The molecule has 0 aliphatic heterocycles. The van der Waals surface area contributed by atoms with Gasteiger partial charge in [0, 0.05) is 20.8 Å². The summed E-state index contributed by atoms with van der Waals surface area (Å²) >= 11 is 0. The van der Waals surface area contributed by atoms with Crippen molar-refractivity contribution in [2.75, 3.05) is 41.4 Å². The van der Waals surface area contributed by atoms with Crippen LogP contribution in [0.4, 0.5) is 0 Å². The quantitative estimate of drug-likeness (QED) is 0.201. The molecular weight excluding hydrogens is 478 g/mol. The maximum Gasteiger partial charge on any atom is 0.470 e. The van der Waals surface area contributed by atoms with Gasteiger partial charge in [-0.15, -0.1) is 0 Å². The number of nitrogens with one attached hydrogen (secondary N) is 1. The molecule has 21 heteroatoms. The predicted molar refractivity (Wildman–Crippen MR) is 80.2 cm³/mol. The molecule has 0 aliphatic carbocycles. The van der Waals surface area contributed by atoms with Gasteiger partial charge in [-0.05, 0) is 13.8 Å². The highest BCUT2D eigenvalue weighted by atomic mass is 31.2. The minimum atomic E-state index is -5.05. The summed E-state index contributed by atoms with van der Waals surface area (Å²) in [5.41, 5.74) is 0. The number of hydrogen-bond donors (Lipinski definition) is 2. The molecule has 0 aromatic heterocycles. The fourth-order valence-corrected chi connectivity index (χ4v) is 2.49. The standard InChI is InChI=1S/C5H14NO11P3.C2H6O5P/c1-6-3-5(16-18(7)8)17-20(11,12)15-4-14-19(9,10)13-2;1-6-8(4,5)7-2-3/h5-6H,3-4H2,1-2H3,(H,9,10)(H,11,12);2H2,1H3,(H,4,5)/q;-1/p-2. The molecular formula is C7H18NO16P4-3. The minimum absolute atomic E-state index is 0.294. The highest BCUT2D eigenvalue weighted by molar-refractivity contribution is 7.47. The van der Waals surface area contributed by atoms with Gasteiger partial charge in [0.2, 0.25) is 0 Å². The van der Waals surface area contributed by atoms with Crippen LogP contribution in [0, 0.1) is 0 Å². The van der Waals surface area contributed by atoms with Gasteiger partial charge in [0.05, 0.1) is 0 Å². The van der Waals surface area contributed by atoms with Crippen LogP contribution < -0.4 is 20.2 Å². The van der Waals surface area contributed by atoms with E-state index in [-0.39, 0.29) is 6.54 Å². The number of hydrogen-bond acceptors (Lipinski definition) is 16. The zero-order valence-corrected chi connectivity index (χ0v) is 18.1. The maximum absolute atomic E-state index is 11.2. The molecule has 0 amide bonds. The van der Waals surface area contributed by atoms with Crippen molar-refractivity contribution in [2.24, 2.45) is 0 Å². The molecule has 4 unspecified atom stereocenters. The monoisotopic (exact) mass is 496 g/mol. The Labute approximate surface area is 159 Å². The lowest BCUT2D eigenvalue weighted by atomic mass is 10.6. The van der Waals surface area contributed by atoms with Crippen LogP contribution in [-0.4, -0.2) is 52.6 Å². The zero-order chi connectivity index (χ0) is 22.4. The predicted octanol–water partition coefficient (Wildman–Crippen LogP) is -1.71.